The van der Waals surface area contributed by atoms with Crippen LogP contribution in [0.25, 0.3) is 0 Å². The Morgan fingerprint density at radius 2 is 1.90 bits per heavy atom. The van der Waals surface area contributed by atoms with Crippen molar-refractivity contribution in [3.05, 3.63) is 33.8 Å². The molecule has 0 radical (unpaired) electrons. The van der Waals surface area contributed by atoms with Crippen LogP contribution in [0.4, 0.5) is 4.79 Å². The van der Waals surface area contributed by atoms with E-state index in [0.717, 1.165) is 30.4 Å². The molecule has 1 fully saturated rings. The Hall–Kier alpha value is -1.03. The van der Waals surface area contributed by atoms with Crippen LogP contribution in [0.5, 0.6) is 0 Å². The second-order valence-electron chi connectivity index (χ2n) is 6.75. The predicted octanol–water partition coefficient (Wildman–Crippen LogP) is 4.87. The third kappa shape index (κ3) is 4.47. The molecule has 0 saturated carbocycles. The topological polar surface area (TPSA) is 29.5 Å². The van der Waals surface area contributed by atoms with Crippen molar-refractivity contribution in [2.45, 2.75) is 52.1 Å². The van der Waals surface area contributed by atoms with Gasteiger partial charge in [0, 0.05) is 17.6 Å². The van der Waals surface area contributed by atoms with Gasteiger partial charge in [-0.15, -0.1) is 0 Å². The predicted molar refractivity (Wildman–Crippen MR) is 88.7 cm³/mol. The van der Waals surface area contributed by atoms with Gasteiger partial charge in [-0.1, -0.05) is 28.1 Å². The van der Waals surface area contributed by atoms with E-state index in [2.05, 4.69) is 41.1 Å². The van der Waals surface area contributed by atoms with E-state index in [0.29, 0.717) is 5.92 Å². The van der Waals surface area contributed by atoms with Crippen molar-refractivity contribution in [1.29, 1.82) is 0 Å². The minimum absolute atomic E-state index is 0.187. The highest BCUT2D eigenvalue weighted by Gasteiger charge is 2.27. The van der Waals surface area contributed by atoms with Crippen LogP contribution in [0.15, 0.2) is 22.7 Å². The molecule has 0 bridgehead atoms. The van der Waals surface area contributed by atoms with Crippen molar-refractivity contribution in [3.8, 4) is 0 Å². The summed E-state index contributed by atoms with van der Waals surface area (Å²) < 4.78 is 6.58. The summed E-state index contributed by atoms with van der Waals surface area (Å²) in [5, 5.41) is 0. The van der Waals surface area contributed by atoms with E-state index < -0.39 is 5.60 Å². The van der Waals surface area contributed by atoms with E-state index in [-0.39, 0.29) is 6.09 Å². The van der Waals surface area contributed by atoms with E-state index in [1.54, 1.807) is 0 Å². The molecule has 2 rings (SSSR count). The minimum Gasteiger partial charge on any atom is -0.444 e. The molecule has 0 N–H and O–H groups in total. The second-order valence-corrected chi connectivity index (χ2v) is 7.60. The van der Waals surface area contributed by atoms with Crippen molar-refractivity contribution >= 4 is 22.0 Å². The van der Waals surface area contributed by atoms with E-state index >= 15 is 0 Å². The van der Waals surface area contributed by atoms with Crippen molar-refractivity contribution in [3.63, 3.8) is 0 Å². The zero-order chi connectivity index (χ0) is 15.6. The van der Waals surface area contributed by atoms with Crippen LogP contribution in [0, 0.1) is 6.92 Å². The third-order valence-corrected chi connectivity index (χ3v) is 4.69. The quantitative estimate of drug-likeness (QED) is 0.720. The van der Waals surface area contributed by atoms with Crippen molar-refractivity contribution in [2.24, 2.45) is 0 Å². The van der Waals surface area contributed by atoms with Gasteiger partial charge in [-0.2, -0.15) is 0 Å². The monoisotopic (exact) mass is 353 g/mol. The number of nitrogens with zero attached hydrogens (tertiary/aromatic N) is 1. The number of hydrogen-bond acceptors (Lipinski definition) is 2. The van der Waals surface area contributed by atoms with Gasteiger partial charge in [0.1, 0.15) is 5.60 Å². The lowest BCUT2D eigenvalue weighted by molar-refractivity contribution is 0.0205. The Bertz CT molecular complexity index is 514. The number of aryl methyl sites for hydroxylation is 1. The second kappa shape index (κ2) is 6.39. The Labute approximate surface area is 135 Å². The Morgan fingerprint density at radius 1 is 1.29 bits per heavy atom. The lowest BCUT2D eigenvalue weighted by Gasteiger charge is -2.33. The highest BCUT2D eigenvalue weighted by molar-refractivity contribution is 9.10. The van der Waals surface area contributed by atoms with Gasteiger partial charge in [0.25, 0.3) is 0 Å². The van der Waals surface area contributed by atoms with Gasteiger partial charge in [-0.05, 0) is 63.6 Å². The molecule has 3 nitrogen and oxygen atoms in total. The standard InChI is InChI=1S/C17H24BrNO2/c1-12-11-14(5-6-15(12)18)13-7-9-19(10-8-13)16(20)21-17(2,3)4/h5-6,11,13H,7-10H2,1-4H3. The van der Waals surface area contributed by atoms with Crippen LogP contribution in [-0.2, 0) is 4.74 Å². The molecule has 1 aliphatic heterocycles. The molecule has 21 heavy (non-hydrogen) atoms. The summed E-state index contributed by atoms with van der Waals surface area (Å²) in [4.78, 5) is 13.9. The van der Waals surface area contributed by atoms with Crippen molar-refractivity contribution < 1.29 is 9.53 Å². The molecular weight excluding hydrogens is 330 g/mol. The number of carbonyl (C=O) groups excluding carboxylic acids is 1. The number of halogens is 1. The number of carbonyl (C=O) groups is 1. The molecule has 1 heterocycles. The summed E-state index contributed by atoms with van der Waals surface area (Å²) in [5.74, 6) is 0.537. The van der Waals surface area contributed by atoms with Gasteiger partial charge in [0.05, 0.1) is 0 Å². The summed E-state index contributed by atoms with van der Waals surface area (Å²) in [5.41, 5.74) is 2.22. The van der Waals surface area contributed by atoms with Crippen LogP contribution >= 0.6 is 15.9 Å². The molecule has 0 spiro atoms. The SMILES string of the molecule is Cc1cc(C2CCN(C(=O)OC(C)(C)C)CC2)ccc1Br. The Morgan fingerprint density at radius 3 is 2.43 bits per heavy atom. The molecule has 0 atom stereocenters. The number of ether oxygens (including phenoxy) is 1. The number of likely N-dealkylation sites (tertiary alicyclic amines) is 1. The molecule has 1 aromatic carbocycles. The highest BCUT2D eigenvalue weighted by Crippen LogP contribution is 2.30. The van der Waals surface area contributed by atoms with Crippen LogP contribution in [0.1, 0.15) is 50.7 Å². The summed E-state index contributed by atoms with van der Waals surface area (Å²) in [6, 6.07) is 6.55. The van der Waals surface area contributed by atoms with Crippen molar-refractivity contribution in [2.75, 3.05) is 13.1 Å². The molecule has 0 aliphatic carbocycles. The van der Waals surface area contributed by atoms with Gasteiger partial charge in [-0.3, -0.25) is 0 Å². The lowest BCUT2D eigenvalue weighted by Crippen LogP contribution is -2.41. The smallest absolute Gasteiger partial charge is 0.410 e. The summed E-state index contributed by atoms with van der Waals surface area (Å²) in [7, 11) is 0. The molecule has 1 aromatic rings. The van der Waals surface area contributed by atoms with Gasteiger partial charge in [0.15, 0.2) is 0 Å². The zero-order valence-corrected chi connectivity index (χ0v) is 14.9. The van der Waals surface area contributed by atoms with E-state index in [9.17, 15) is 4.79 Å². The maximum absolute atomic E-state index is 12.1. The molecular formula is C17H24BrNO2. The van der Waals surface area contributed by atoms with Crippen LogP contribution in [0.3, 0.4) is 0 Å². The van der Waals surface area contributed by atoms with Crippen LogP contribution < -0.4 is 0 Å². The summed E-state index contributed by atoms with van der Waals surface area (Å²) in [6.07, 6.45) is 1.81. The first-order chi connectivity index (χ1) is 9.76. The van der Waals surface area contributed by atoms with Crippen molar-refractivity contribution in [1.82, 2.24) is 4.90 Å². The molecule has 0 unspecified atom stereocenters. The fraction of sp³-hybridized carbons (Fsp3) is 0.588. The van der Waals surface area contributed by atoms with Gasteiger partial charge >= 0.3 is 6.09 Å². The van der Waals surface area contributed by atoms with E-state index in [1.807, 2.05) is 25.7 Å². The molecule has 1 aliphatic rings. The average molecular weight is 354 g/mol. The number of hydrogen-bond donors (Lipinski definition) is 0. The third-order valence-electron chi connectivity index (χ3n) is 3.80. The fourth-order valence-electron chi connectivity index (χ4n) is 2.64. The lowest BCUT2D eigenvalue weighted by atomic mass is 9.89. The number of rotatable bonds is 1. The van der Waals surface area contributed by atoms with Gasteiger partial charge in [0.2, 0.25) is 0 Å². The van der Waals surface area contributed by atoms with Gasteiger partial charge in [-0.25, -0.2) is 4.79 Å². The first-order valence-electron chi connectivity index (χ1n) is 7.50. The van der Waals surface area contributed by atoms with Gasteiger partial charge < -0.3 is 9.64 Å². The number of piperidine rings is 1. The normalized spacial score (nSPS) is 16.9. The molecule has 4 heteroatoms. The maximum Gasteiger partial charge on any atom is 0.410 e. The number of amides is 1. The zero-order valence-electron chi connectivity index (χ0n) is 13.3. The van der Waals surface area contributed by atoms with Crippen LogP contribution in [0.2, 0.25) is 0 Å². The van der Waals surface area contributed by atoms with E-state index in [1.165, 1.54) is 11.1 Å². The molecule has 1 amide bonds. The fourth-order valence-corrected chi connectivity index (χ4v) is 2.89. The van der Waals surface area contributed by atoms with E-state index in [4.69, 9.17) is 4.74 Å². The molecule has 0 aromatic heterocycles. The van der Waals surface area contributed by atoms with Crippen LogP contribution in [-0.4, -0.2) is 29.7 Å². The Balaban J connectivity index is 1.94. The highest BCUT2D eigenvalue weighted by atomic mass is 79.9. The molecule has 116 valence electrons. The minimum atomic E-state index is -0.420. The summed E-state index contributed by atoms with van der Waals surface area (Å²) >= 11 is 3.54. The first kappa shape index (κ1) is 16.3. The maximum atomic E-state index is 12.1. The molecule has 1 saturated heterocycles. The summed E-state index contributed by atoms with van der Waals surface area (Å²) in [6.45, 7) is 9.37. The largest absolute Gasteiger partial charge is 0.444 e. The number of benzene rings is 1. The average Bonchev–Trinajstić information content (AvgIpc) is 2.40. The Kier molecular flexibility index (Phi) is 4.97. The first-order valence-corrected chi connectivity index (χ1v) is 8.29.